The van der Waals surface area contributed by atoms with Gasteiger partial charge in [0.2, 0.25) is 0 Å². The van der Waals surface area contributed by atoms with Gasteiger partial charge in [0.25, 0.3) is 5.91 Å². The minimum absolute atomic E-state index is 0.00501. The van der Waals surface area contributed by atoms with Crippen LogP contribution in [0.15, 0.2) is 17.3 Å². The third-order valence-electron chi connectivity index (χ3n) is 3.33. The molecule has 0 aliphatic carbocycles. The van der Waals surface area contributed by atoms with Crippen LogP contribution in [-0.2, 0) is 4.84 Å². The number of rotatable bonds is 5. The molecule has 104 valence electrons. The topological polar surface area (TPSA) is 53.9 Å². The number of carbonyl (C=O) groups is 1. The molecule has 2 unspecified atom stereocenters. The SMILES string of the molecule is C=NOC(NC)C1CCCN1C(=O)c1ccc(C)s1. The molecule has 0 aromatic carbocycles. The summed E-state index contributed by atoms with van der Waals surface area (Å²) in [7, 11) is 1.80. The molecule has 1 N–H and O–H groups in total. The van der Waals surface area contributed by atoms with Crippen LogP contribution in [0.3, 0.4) is 0 Å². The lowest BCUT2D eigenvalue weighted by Gasteiger charge is -2.29. The van der Waals surface area contributed by atoms with Crippen LogP contribution in [0, 0.1) is 6.92 Å². The van der Waals surface area contributed by atoms with E-state index < -0.39 is 0 Å². The quantitative estimate of drug-likeness (QED) is 0.509. The second-order valence-electron chi connectivity index (χ2n) is 4.56. The van der Waals surface area contributed by atoms with E-state index >= 15 is 0 Å². The highest BCUT2D eigenvalue weighted by atomic mass is 32.1. The molecule has 1 aromatic rings. The number of oxime groups is 1. The van der Waals surface area contributed by atoms with Crippen LogP contribution in [0.4, 0.5) is 0 Å². The van der Waals surface area contributed by atoms with Crippen molar-refractivity contribution in [3.63, 3.8) is 0 Å². The van der Waals surface area contributed by atoms with Gasteiger partial charge in [-0.15, -0.1) is 16.5 Å². The maximum absolute atomic E-state index is 12.5. The minimum Gasteiger partial charge on any atom is -0.375 e. The molecule has 5 nitrogen and oxygen atoms in total. The van der Waals surface area contributed by atoms with Crippen molar-refractivity contribution in [3.05, 3.63) is 21.9 Å². The Kier molecular flexibility index (Phi) is 4.55. The van der Waals surface area contributed by atoms with Crippen LogP contribution in [0.1, 0.15) is 27.4 Å². The van der Waals surface area contributed by atoms with Crippen LogP contribution in [0.5, 0.6) is 0 Å². The van der Waals surface area contributed by atoms with Crippen LogP contribution < -0.4 is 5.32 Å². The third kappa shape index (κ3) is 2.96. The Morgan fingerprint density at radius 3 is 3.05 bits per heavy atom. The zero-order valence-corrected chi connectivity index (χ0v) is 12.1. The molecule has 1 aliphatic heterocycles. The monoisotopic (exact) mass is 281 g/mol. The Balaban J connectivity index is 2.13. The van der Waals surface area contributed by atoms with Gasteiger partial charge in [0.05, 0.1) is 10.9 Å². The van der Waals surface area contributed by atoms with Gasteiger partial charge in [-0.2, -0.15) is 0 Å². The number of carbonyl (C=O) groups excluding carboxylic acids is 1. The molecule has 2 atom stereocenters. The summed E-state index contributed by atoms with van der Waals surface area (Å²) in [6, 6.07) is 3.87. The van der Waals surface area contributed by atoms with Gasteiger partial charge in [-0.1, -0.05) is 0 Å². The molecular weight excluding hydrogens is 262 g/mol. The largest absolute Gasteiger partial charge is 0.375 e. The summed E-state index contributed by atoms with van der Waals surface area (Å²) in [6.07, 6.45) is 1.60. The molecule has 0 saturated carbocycles. The molecule has 0 bridgehead atoms. The first-order valence-corrected chi connectivity index (χ1v) is 7.15. The number of amides is 1. The average Bonchev–Trinajstić information content (AvgIpc) is 3.03. The number of hydrogen-bond donors (Lipinski definition) is 1. The van der Waals surface area contributed by atoms with Gasteiger partial charge in [0.1, 0.15) is 0 Å². The van der Waals surface area contributed by atoms with Crippen molar-refractivity contribution in [2.45, 2.75) is 32.0 Å². The normalized spacial score (nSPS) is 20.3. The highest BCUT2D eigenvalue weighted by Gasteiger charge is 2.36. The third-order valence-corrected chi connectivity index (χ3v) is 4.32. The molecule has 19 heavy (non-hydrogen) atoms. The molecule has 1 aromatic heterocycles. The van der Waals surface area contributed by atoms with E-state index in [0.29, 0.717) is 0 Å². The summed E-state index contributed by atoms with van der Waals surface area (Å²) in [5.74, 6) is 0.0773. The molecule has 1 saturated heterocycles. The van der Waals surface area contributed by atoms with Crippen molar-refractivity contribution < 1.29 is 9.63 Å². The second kappa shape index (κ2) is 6.16. The zero-order chi connectivity index (χ0) is 13.8. The molecule has 2 rings (SSSR count). The average molecular weight is 281 g/mol. The summed E-state index contributed by atoms with van der Waals surface area (Å²) in [4.78, 5) is 21.5. The molecule has 1 aliphatic rings. The number of hydrogen-bond acceptors (Lipinski definition) is 5. The minimum atomic E-state index is -0.301. The smallest absolute Gasteiger partial charge is 0.264 e. The maximum Gasteiger partial charge on any atom is 0.264 e. The van der Waals surface area contributed by atoms with Gasteiger partial charge in [-0.05, 0) is 38.9 Å². The van der Waals surface area contributed by atoms with Crippen molar-refractivity contribution in [3.8, 4) is 0 Å². The Bertz CT molecular complexity index is 460. The Labute approximate surface area is 117 Å². The van der Waals surface area contributed by atoms with Crippen LogP contribution in [0.2, 0.25) is 0 Å². The first-order valence-electron chi connectivity index (χ1n) is 6.34. The Hall–Kier alpha value is -1.40. The second-order valence-corrected chi connectivity index (χ2v) is 5.85. The predicted octanol–water partition coefficient (Wildman–Crippen LogP) is 1.84. The first kappa shape index (κ1) is 14.0. The van der Waals surface area contributed by atoms with E-state index in [1.165, 1.54) is 11.3 Å². The zero-order valence-electron chi connectivity index (χ0n) is 11.3. The fraction of sp³-hybridized carbons (Fsp3) is 0.538. The van der Waals surface area contributed by atoms with E-state index in [-0.39, 0.29) is 18.2 Å². The summed E-state index contributed by atoms with van der Waals surface area (Å²) in [5.41, 5.74) is 0. The number of likely N-dealkylation sites (N-methyl/N-ethyl adjacent to an activating group) is 1. The summed E-state index contributed by atoms with van der Waals surface area (Å²) >= 11 is 1.53. The van der Waals surface area contributed by atoms with Gasteiger partial charge in [0.15, 0.2) is 6.23 Å². The van der Waals surface area contributed by atoms with Crippen LogP contribution >= 0.6 is 11.3 Å². The van der Waals surface area contributed by atoms with Gasteiger partial charge in [0, 0.05) is 18.1 Å². The first-order chi connectivity index (χ1) is 9.17. The predicted molar refractivity (Wildman–Crippen MR) is 76.6 cm³/mol. The van der Waals surface area contributed by atoms with Gasteiger partial charge in [-0.25, -0.2) is 0 Å². The lowest BCUT2D eigenvalue weighted by Crippen LogP contribution is -2.48. The van der Waals surface area contributed by atoms with Crippen molar-refractivity contribution in [1.82, 2.24) is 10.2 Å². The molecule has 0 spiro atoms. The number of thiophene rings is 1. The maximum atomic E-state index is 12.5. The number of nitrogens with zero attached hydrogens (tertiary/aromatic N) is 2. The molecule has 1 amide bonds. The molecule has 1 fully saturated rings. The van der Waals surface area contributed by atoms with Crippen LogP contribution in [-0.4, -0.2) is 43.4 Å². The van der Waals surface area contributed by atoms with Crippen molar-refractivity contribution in [2.75, 3.05) is 13.6 Å². The molecule has 2 heterocycles. The van der Waals surface area contributed by atoms with Gasteiger partial charge >= 0.3 is 0 Å². The van der Waals surface area contributed by atoms with Gasteiger partial charge in [-0.3, -0.25) is 10.1 Å². The fourth-order valence-corrected chi connectivity index (χ4v) is 3.27. The summed E-state index contributed by atoms with van der Waals surface area (Å²) in [5, 5.41) is 6.51. The van der Waals surface area contributed by atoms with Gasteiger partial charge < -0.3 is 9.74 Å². The highest BCUT2D eigenvalue weighted by Crippen LogP contribution is 2.25. The standard InChI is InChI=1S/C13H19N3O2S/c1-9-6-7-11(19-9)13(17)16-8-4-5-10(16)12(14-2)18-15-3/h6-7,10,12,14H,3-5,8H2,1-2H3. The van der Waals surface area contributed by atoms with E-state index in [2.05, 4.69) is 17.2 Å². The van der Waals surface area contributed by atoms with E-state index in [0.717, 1.165) is 29.1 Å². The molecular formula is C13H19N3O2S. The Morgan fingerprint density at radius 2 is 2.47 bits per heavy atom. The lowest BCUT2D eigenvalue weighted by atomic mass is 10.2. The van der Waals surface area contributed by atoms with E-state index in [1.54, 1.807) is 7.05 Å². The molecule has 6 heteroatoms. The van der Waals surface area contributed by atoms with Crippen molar-refractivity contribution in [2.24, 2.45) is 5.16 Å². The molecule has 0 radical (unpaired) electrons. The van der Waals surface area contributed by atoms with Crippen molar-refractivity contribution in [1.29, 1.82) is 0 Å². The number of aryl methyl sites for hydroxylation is 1. The highest BCUT2D eigenvalue weighted by molar-refractivity contribution is 7.13. The van der Waals surface area contributed by atoms with E-state index in [4.69, 9.17) is 4.84 Å². The summed E-state index contributed by atoms with van der Waals surface area (Å²) < 4.78 is 0. The summed E-state index contributed by atoms with van der Waals surface area (Å²) in [6.45, 7) is 6.10. The van der Waals surface area contributed by atoms with Crippen LogP contribution in [0.25, 0.3) is 0 Å². The fourth-order valence-electron chi connectivity index (χ4n) is 2.45. The number of likely N-dealkylation sites (tertiary alicyclic amines) is 1. The van der Waals surface area contributed by atoms with Crippen molar-refractivity contribution >= 4 is 24.0 Å². The Morgan fingerprint density at radius 1 is 1.68 bits per heavy atom. The lowest BCUT2D eigenvalue weighted by molar-refractivity contribution is -0.0106. The van der Waals surface area contributed by atoms with E-state index in [1.807, 2.05) is 24.0 Å². The number of nitrogens with one attached hydrogen (secondary N) is 1. The van der Waals surface area contributed by atoms with E-state index in [9.17, 15) is 4.79 Å².